The number of hydrogen-bond donors (Lipinski definition) is 1. The van der Waals surface area contributed by atoms with E-state index in [-0.39, 0.29) is 24.1 Å². The molecule has 1 saturated heterocycles. The summed E-state index contributed by atoms with van der Waals surface area (Å²) in [6.45, 7) is 4.88. The molecule has 0 radical (unpaired) electrons. The topological polar surface area (TPSA) is 80.0 Å². The largest absolute Gasteiger partial charge is 0.483 e. The first kappa shape index (κ1) is 23.6. The maximum Gasteiger partial charge on any atom is 0.340 e. The predicted molar refractivity (Wildman–Crippen MR) is 135 cm³/mol. The van der Waals surface area contributed by atoms with Crippen molar-refractivity contribution in [2.75, 3.05) is 19.7 Å². The lowest BCUT2D eigenvalue weighted by Gasteiger charge is -2.47. The van der Waals surface area contributed by atoms with E-state index in [9.17, 15) is 14.7 Å². The number of fused-ring (bicyclic) bond motifs is 2. The fourth-order valence-corrected chi connectivity index (χ4v) is 5.78. The van der Waals surface area contributed by atoms with Crippen LogP contribution in [-0.2, 0) is 11.2 Å². The first-order valence-electron chi connectivity index (χ1n) is 12.6. The lowest BCUT2D eigenvalue weighted by atomic mass is 9.71. The Morgan fingerprint density at radius 2 is 1.97 bits per heavy atom. The summed E-state index contributed by atoms with van der Waals surface area (Å²) in [5.41, 5.74) is 2.83. The van der Waals surface area contributed by atoms with E-state index in [0.717, 1.165) is 47.8 Å². The van der Waals surface area contributed by atoms with Crippen LogP contribution in [0.2, 0.25) is 0 Å². The van der Waals surface area contributed by atoms with E-state index in [1.165, 1.54) is 0 Å². The van der Waals surface area contributed by atoms with Gasteiger partial charge in [0, 0.05) is 31.0 Å². The second-order valence-electron chi connectivity index (χ2n) is 10.2. The van der Waals surface area contributed by atoms with Crippen molar-refractivity contribution in [1.29, 1.82) is 0 Å². The van der Waals surface area contributed by atoms with Gasteiger partial charge in [0.15, 0.2) is 6.61 Å². The Morgan fingerprint density at radius 3 is 2.77 bits per heavy atom. The van der Waals surface area contributed by atoms with Gasteiger partial charge in [-0.15, -0.1) is 0 Å². The number of aryl methyl sites for hydroxylation is 2. The highest BCUT2D eigenvalue weighted by Gasteiger charge is 2.43. The quantitative estimate of drug-likeness (QED) is 0.549. The molecule has 2 heterocycles. The molecule has 2 aliphatic rings. The number of amides is 1. The predicted octanol–water partition coefficient (Wildman–Crippen LogP) is 4.53. The summed E-state index contributed by atoms with van der Waals surface area (Å²) >= 11 is 0. The van der Waals surface area contributed by atoms with Gasteiger partial charge in [0.25, 0.3) is 5.91 Å². The summed E-state index contributed by atoms with van der Waals surface area (Å²) < 4.78 is 11.8. The molecule has 1 amide bonds. The van der Waals surface area contributed by atoms with Crippen LogP contribution in [0, 0.1) is 19.8 Å². The zero-order chi connectivity index (χ0) is 24.6. The molecule has 1 aliphatic carbocycles. The molecule has 184 valence electrons. The summed E-state index contributed by atoms with van der Waals surface area (Å²) in [7, 11) is 0. The monoisotopic (exact) mass is 475 g/mol. The maximum atomic E-state index is 13.1. The van der Waals surface area contributed by atoms with Gasteiger partial charge in [-0.1, -0.05) is 43.2 Å². The molecule has 0 spiro atoms. The lowest BCUT2D eigenvalue weighted by molar-refractivity contribution is -0.145. The van der Waals surface area contributed by atoms with Gasteiger partial charge in [-0.2, -0.15) is 0 Å². The highest BCUT2D eigenvalue weighted by Crippen LogP contribution is 2.40. The smallest absolute Gasteiger partial charge is 0.340 e. The Bertz CT molecular complexity index is 1300. The van der Waals surface area contributed by atoms with Crippen molar-refractivity contribution in [2.24, 2.45) is 5.92 Å². The molecule has 2 aromatic carbocycles. The Balaban J connectivity index is 1.38. The maximum absolute atomic E-state index is 13.1. The van der Waals surface area contributed by atoms with Crippen LogP contribution < -0.4 is 10.4 Å². The van der Waals surface area contributed by atoms with Crippen molar-refractivity contribution >= 4 is 16.9 Å². The summed E-state index contributed by atoms with van der Waals surface area (Å²) in [6.07, 6.45) is 5.06. The van der Waals surface area contributed by atoms with E-state index in [1.54, 1.807) is 0 Å². The van der Waals surface area contributed by atoms with Crippen LogP contribution in [0.25, 0.3) is 11.0 Å². The third-order valence-electron chi connectivity index (χ3n) is 7.84. The molecule has 0 bridgehead atoms. The number of likely N-dealkylation sites (tertiary alicyclic amines) is 1. The number of aliphatic hydroxyl groups is 1. The van der Waals surface area contributed by atoms with Gasteiger partial charge in [-0.25, -0.2) is 4.79 Å². The summed E-state index contributed by atoms with van der Waals surface area (Å²) in [5, 5.41) is 11.7. The molecule has 6 nitrogen and oxygen atoms in total. The third-order valence-corrected chi connectivity index (χ3v) is 7.84. The Kier molecular flexibility index (Phi) is 6.41. The molecule has 0 unspecified atom stereocenters. The summed E-state index contributed by atoms with van der Waals surface area (Å²) in [4.78, 5) is 27.7. The Hall–Kier alpha value is -3.12. The molecule has 6 heteroatoms. The second-order valence-corrected chi connectivity index (χ2v) is 10.2. The molecule has 3 aromatic rings. The molecule has 35 heavy (non-hydrogen) atoms. The molecule has 1 saturated carbocycles. The van der Waals surface area contributed by atoms with Gasteiger partial charge >= 0.3 is 5.63 Å². The van der Waals surface area contributed by atoms with Crippen LogP contribution in [0.3, 0.4) is 0 Å². The van der Waals surface area contributed by atoms with Crippen LogP contribution in [0.15, 0.2) is 51.7 Å². The Labute approximate surface area is 205 Å². The van der Waals surface area contributed by atoms with Gasteiger partial charge in [-0.3, -0.25) is 4.79 Å². The van der Waals surface area contributed by atoms with Crippen LogP contribution in [0.5, 0.6) is 5.75 Å². The highest BCUT2D eigenvalue weighted by molar-refractivity contribution is 5.89. The molecule has 2 atom stereocenters. The third kappa shape index (κ3) is 4.72. The van der Waals surface area contributed by atoms with E-state index in [2.05, 4.69) is 0 Å². The fourth-order valence-electron chi connectivity index (χ4n) is 5.78. The average Bonchev–Trinajstić information content (AvgIpc) is 2.84. The first-order chi connectivity index (χ1) is 16.8. The summed E-state index contributed by atoms with van der Waals surface area (Å²) in [5.74, 6) is 0.618. The summed E-state index contributed by atoms with van der Waals surface area (Å²) in [6, 6.07) is 13.5. The van der Waals surface area contributed by atoms with Gasteiger partial charge in [0.1, 0.15) is 11.3 Å². The molecule has 1 aromatic heterocycles. The van der Waals surface area contributed by atoms with Crippen molar-refractivity contribution in [3.63, 3.8) is 0 Å². The van der Waals surface area contributed by atoms with E-state index in [4.69, 9.17) is 9.15 Å². The van der Waals surface area contributed by atoms with E-state index < -0.39 is 5.60 Å². The number of ether oxygens (including phenoxy) is 1. The number of hydrogen-bond acceptors (Lipinski definition) is 5. The second kappa shape index (κ2) is 9.50. The zero-order valence-corrected chi connectivity index (χ0v) is 20.5. The van der Waals surface area contributed by atoms with Gasteiger partial charge < -0.3 is 19.2 Å². The van der Waals surface area contributed by atoms with Crippen LogP contribution in [0.1, 0.15) is 54.4 Å². The van der Waals surface area contributed by atoms with Crippen molar-refractivity contribution in [1.82, 2.24) is 4.90 Å². The van der Waals surface area contributed by atoms with Crippen molar-refractivity contribution in [3.8, 4) is 5.75 Å². The molecule has 5 rings (SSSR count). The molecule has 1 aliphatic heterocycles. The number of carbonyl (C=O) groups excluding carboxylic acids is 1. The number of nitrogens with zero attached hydrogens (tertiary/aromatic N) is 1. The number of benzene rings is 2. The normalized spacial score (nSPS) is 22.1. The molecule has 1 N–H and O–H groups in total. The number of rotatable bonds is 5. The lowest BCUT2D eigenvalue weighted by Crippen LogP contribution is -2.55. The van der Waals surface area contributed by atoms with E-state index in [0.29, 0.717) is 42.8 Å². The number of piperidine rings is 1. The minimum Gasteiger partial charge on any atom is -0.483 e. The highest BCUT2D eigenvalue weighted by atomic mass is 16.5. The van der Waals surface area contributed by atoms with Gasteiger partial charge in [-0.05, 0) is 61.9 Å². The first-order valence-corrected chi connectivity index (χ1v) is 12.6. The molecular weight excluding hydrogens is 442 g/mol. The average molecular weight is 476 g/mol. The van der Waals surface area contributed by atoms with Crippen LogP contribution in [0.4, 0.5) is 0 Å². The van der Waals surface area contributed by atoms with E-state index >= 15 is 0 Å². The minimum absolute atomic E-state index is 0.0770. The van der Waals surface area contributed by atoms with Crippen LogP contribution in [-0.4, -0.2) is 41.2 Å². The fraction of sp³-hybridized carbons (Fsp3) is 0.448. The van der Waals surface area contributed by atoms with Crippen molar-refractivity contribution in [2.45, 2.75) is 58.0 Å². The van der Waals surface area contributed by atoms with Gasteiger partial charge in [0.2, 0.25) is 0 Å². The molecular formula is C29H33NO5. The standard InChI is InChI=1S/C29H33NO5/c1-19-14-24(34-18-26(31)30-13-12-29(33)11-7-6-10-22(29)17-30)27-20(2)23(28(32)35-25(27)15-19)16-21-8-4-3-5-9-21/h3-5,8-9,14-15,22,33H,6-7,10-13,16-18H2,1-2H3/t22-,29-/m1/s1. The van der Waals surface area contributed by atoms with Gasteiger partial charge in [0.05, 0.1) is 11.0 Å². The van der Waals surface area contributed by atoms with Crippen molar-refractivity contribution < 1.29 is 19.1 Å². The number of carbonyl (C=O) groups is 1. The molecule has 2 fully saturated rings. The minimum atomic E-state index is -0.619. The SMILES string of the molecule is Cc1cc(OCC(=O)N2CC[C@]3(O)CCCC[C@@H]3C2)c2c(C)c(Cc3ccccc3)c(=O)oc2c1. The van der Waals surface area contributed by atoms with Crippen molar-refractivity contribution in [3.05, 3.63) is 75.1 Å². The Morgan fingerprint density at radius 1 is 1.17 bits per heavy atom. The zero-order valence-electron chi connectivity index (χ0n) is 20.5. The van der Waals surface area contributed by atoms with Crippen LogP contribution >= 0.6 is 0 Å². The van der Waals surface area contributed by atoms with E-state index in [1.807, 2.05) is 61.2 Å².